The Morgan fingerprint density at radius 1 is 1.33 bits per heavy atom. The number of carbonyl (C=O) groups excluding carboxylic acids is 1. The first-order chi connectivity index (χ1) is 11.7. The van der Waals surface area contributed by atoms with E-state index >= 15 is 0 Å². The van der Waals surface area contributed by atoms with E-state index in [2.05, 4.69) is 10.4 Å². The third-order valence-corrected chi connectivity index (χ3v) is 3.60. The van der Waals surface area contributed by atoms with Crippen LogP contribution in [-0.4, -0.2) is 35.9 Å². The highest BCUT2D eigenvalue weighted by molar-refractivity contribution is 6.30. The highest BCUT2D eigenvalue weighted by Gasteiger charge is 2.18. The van der Waals surface area contributed by atoms with Crippen molar-refractivity contribution < 1.29 is 13.9 Å². The molecule has 0 aliphatic heterocycles. The summed E-state index contributed by atoms with van der Waals surface area (Å²) in [6, 6.07) is 12.5. The highest BCUT2D eigenvalue weighted by atomic mass is 35.5. The standard InChI is InChI=1S/C17H16ClN3O3/c1-23-9-7-19-17(22)14-11-15(16-6-3-8-24-16)21(20-14)13-5-2-4-12(18)10-13/h2-6,8,10-11H,7,9H2,1H3,(H,19,22). The van der Waals surface area contributed by atoms with Crippen molar-refractivity contribution in [3.05, 3.63) is 59.4 Å². The zero-order valence-corrected chi connectivity index (χ0v) is 13.8. The van der Waals surface area contributed by atoms with Crippen LogP contribution in [0, 0.1) is 0 Å². The van der Waals surface area contributed by atoms with E-state index in [1.54, 1.807) is 42.3 Å². The van der Waals surface area contributed by atoms with Gasteiger partial charge in [0, 0.05) is 24.7 Å². The Hall–Kier alpha value is -2.57. The average Bonchev–Trinajstić information content (AvgIpc) is 3.24. The summed E-state index contributed by atoms with van der Waals surface area (Å²) in [5.41, 5.74) is 1.70. The summed E-state index contributed by atoms with van der Waals surface area (Å²) >= 11 is 6.07. The van der Waals surface area contributed by atoms with Crippen molar-refractivity contribution in [1.29, 1.82) is 0 Å². The summed E-state index contributed by atoms with van der Waals surface area (Å²) in [6.07, 6.45) is 1.57. The SMILES string of the molecule is COCCNC(=O)c1cc(-c2ccco2)n(-c2cccc(Cl)c2)n1. The van der Waals surface area contributed by atoms with Gasteiger partial charge in [0.15, 0.2) is 11.5 Å². The lowest BCUT2D eigenvalue weighted by Gasteiger charge is -2.06. The molecule has 7 heteroatoms. The zero-order chi connectivity index (χ0) is 16.9. The third-order valence-electron chi connectivity index (χ3n) is 3.36. The third kappa shape index (κ3) is 3.50. The maximum Gasteiger partial charge on any atom is 0.271 e. The maximum absolute atomic E-state index is 12.3. The number of ether oxygens (including phenoxy) is 1. The maximum atomic E-state index is 12.3. The monoisotopic (exact) mass is 345 g/mol. The van der Waals surface area contributed by atoms with Crippen LogP contribution >= 0.6 is 11.6 Å². The van der Waals surface area contributed by atoms with Gasteiger partial charge in [-0.3, -0.25) is 4.79 Å². The van der Waals surface area contributed by atoms with Crippen molar-refractivity contribution >= 4 is 17.5 Å². The molecule has 1 amide bonds. The first-order valence-electron chi connectivity index (χ1n) is 7.36. The van der Waals surface area contributed by atoms with Gasteiger partial charge >= 0.3 is 0 Å². The summed E-state index contributed by atoms with van der Waals surface area (Å²) in [5.74, 6) is 0.332. The molecule has 1 aromatic carbocycles. The van der Waals surface area contributed by atoms with Gasteiger partial charge in [0.25, 0.3) is 5.91 Å². The first-order valence-corrected chi connectivity index (χ1v) is 7.74. The van der Waals surface area contributed by atoms with Crippen molar-refractivity contribution in [2.75, 3.05) is 20.3 Å². The van der Waals surface area contributed by atoms with E-state index in [-0.39, 0.29) is 11.6 Å². The quantitative estimate of drug-likeness (QED) is 0.697. The number of hydrogen-bond acceptors (Lipinski definition) is 4. The molecule has 0 bridgehead atoms. The molecule has 0 aliphatic rings. The van der Waals surface area contributed by atoms with Crippen LogP contribution in [0.4, 0.5) is 0 Å². The fraction of sp³-hybridized carbons (Fsp3) is 0.176. The minimum absolute atomic E-state index is 0.277. The summed E-state index contributed by atoms with van der Waals surface area (Å²) in [7, 11) is 1.58. The number of nitrogens with one attached hydrogen (secondary N) is 1. The van der Waals surface area contributed by atoms with Gasteiger partial charge in [-0.1, -0.05) is 17.7 Å². The minimum atomic E-state index is -0.277. The number of halogens is 1. The molecule has 0 fully saturated rings. The molecule has 6 nitrogen and oxygen atoms in total. The van der Waals surface area contributed by atoms with Gasteiger partial charge in [0.05, 0.1) is 18.6 Å². The van der Waals surface area contributed by atoms with Gasteiger partial charge in [-0.2, -0.15) is 5.10 Å². The molecule has 0 aliphatic carbocycles. The fourth-order valence-corrected chi connectivity index (χ4v) is 2.44. The Kier molecular flexibility index (Phi) is 4.98. The number of carbonyl (C=O) groups is 1. The smallest absolute Gasteiger partial charge is 0.271 e. The van der Waals surface area contributed by atoms with Crippen LogP contribution in [0.2, 0.25) is 5.02 Å². The lowest BCUT2D eigenvalue weighted by Crippen LogP contribution is -2.27. The zero-order valence-electron chi connectivity index (χ0n) is 13.0. The van der Waals surface area contributed by atoms with Gasteiger partial charge in [-0.25, -0.2) is 4.68 Å². The van der Waals surface area contributed by atoms with E-state index in [0.29, 0.717) is 29.6 Å². The topological polar surface area (TPSA) is 69.3 Å². The van der Waals surface area contributed by atoms with Gasteiger partial charge in [-0.15, -0.1) is 0 Å². The molecule has 124 valence electrons. The van der Waals surface area contributed by atoms with E-state index in [0.717, 1.165) is 5.69 Å². The number of benzene rings is 1. The highest BCUT2D eigenvalue weighted by Crippen LogP contribution is 2.25. The normalized spacial score (nSPS) is 10.8. The largest absolute Gasteiger partial charge is 0.463 e. The first kappa shape index (κ1) is 16.3. The number of furan rings is 1. The van der Waals surface area contributed by atoms with Crippen LogP contribution in [0.1, 0.15) is 10.5 Å². The van der Waals surface area contributed by atoms with E-state index < -0.39 is 0 Å². The Labute approximate surface area is 144 Å². The lowest BCUT2D eigenvalue weighted by atomic mass is 10.2. The van der Waals surface area contributed by atoms with Crippen LogP contribution in [0.3, 0.4) is 0 Å². The molecule has 0 atom stereocenters. The Balaban J connectivity index is 1.99. The van der Waals surface area contributed by atoms with Gasteiger partial charge in [-0.05, 0) is 30.3 Å². The second-order valence-electron chi connectivity index (χ2n) is 5.03. The van der Waals surface area contributed by atoms with Crippen molar-refractivity contribution in [3.63, 3.8) is 0 Å². The Bertz CT molecular complexity index is 827. The van der Waals surface area contributed by atoms with Gasteiger partial charge in [0.1, 0.15) is 5.69 Å². The molecule has 24 heavy (non-hydrogen) atoms. The van der Waals surface area contributed by atoms with Crippen molar-refractivity contribution in [2.24, 2.45) is 0 Å². The Morgan fingerprint density at radius 2 is 2.21 bits per heavy atom. The number of hydrogen-bond donors (Lipinski definition) is 1. The number of nitrogens with zero attached hydrogens (tertiary/aromatic N) is 2. The molecule has 0 saturated heterocycles. The Morgan fingerprint density at radius 3 is 2.92 bits per heavy atom. The molecule has 3 rings (SSSR count). The summed E-state index contributed by atoms with van der Waals surface area (Å²) in [4.78, 5) is 12.3. The van der Waals surface area contributed by atoms with Crippen LogP contribution in [0.25, 0.3) is 17.1 Å². The van der Waals surface area contributed by atoms with Crippen LogP contribution in [-0.2, 0) is 4.74 Å². The van der Waals surface area contributed by atoms with Gasteiger partial charge < -0.3 is 14.5 Å². The number of amides is 1. The summed E-state index contributed by atoms with van der Waals surface area (Å²) < 4.78 is 12.0. The molecular formula is C17H16ClN3O3. The molecule has 0 spiro atoms. The van der Waals surface area contributed by atoms with Crippen LogP contribution in [0.5, 0.6) is 0 Å². The molecular weight excluding hydrogens is 330 g/mol. The molecule has 0 saturated carbocycles. The number of methoxy groups -OCH3 is 1. The van der Waals surface area contributed by atoms with Crippen molar-refractivity contribution in [3.8, 4) is 17.1 Å². The van der Waals surface area contributed by atoms with E-state index in [1.165, 1.54) is 0 Å². The summed E-state index contributed by atoms with van der Waals surface area (Å²) in [5, 5.41) is 7.74. The molecule has 0 unspecified atom stereocenters. The molecule has 2 heterocycles. The molecule has 1 N–H and O–H groups in total. The van der Waals surface area contributed by atoms with Gasteiger partial charge in [0.2, 0.25) is 0 Å². The number of rotatable bonds is 6. The van der Waals surface area contributed by atoms with Crippen molar-refractivity contribution in [2.45, 2.75) is 0 Å². The van der Waals surface area contributed by atoms with E-state index in [4.69, 9.17) is 20.8 Å². The van der Waals surface area contributed by atoms with E-state index in [1.807, 2.05) is 18.2 Å². The number of aromatic nitrogens is 2. The lowest BCUT2D eigenvalue weighted by molar-refractivity contribution is 0.0931. The molecule has 2 aromatic heterocycles. The molecule has 0 radical (unpaired) electrons. The molecule has 3 aromatic rings. The second-order valence-corrected chi connectivity index (χ2v) is 5.47. The predicted molar refractivity (Wildman–Crippen MR) is 90.5 cm³/mol. The van der Waals surface area contributed by atoms with Crippen molar-refractivity contribution in [1.82, 2.24) is 15.1 Å². The van der Waals surface area contributed by atoms with E-state index in [9.17, 15) is 4.79 Å². The van der Waals surface area contributed by atoms with Crippen LogP contribution in [0.15, 0.2) is 53.1 Å². The fourth-order valence-electron chi connectivity index (χ4n) is 2.25. The minimum Gasteiger partial charge on any atom is -0.463 e. The predicted octanol–water partition coefficient (Wildman–Crippen LogP) is 3.16. The average molecular weight is 346 g/mol. The summed E-state index contributed by atoms with van der Waals surface area (Å²) in [6.45, 7) is 0.848. The second kappa shape index (κ2) is 7.33. The van der Waals surface area contributed by atoms with Crippen LogP contribution < -0.4 is 5.32 Å².